The summed E-state index contributed by atoms with van der Waals surface area (Å²) in [5.41, 5.74) is 3.56. The lowest BCUT2D eigenvalue weighted by molar-refractivity contribution is -0.121. The zero-order valence-electron chi connectivity index (χ0n) is 24.4. The number of ether oxygens (including phenoxy) is 2. The minimum absolute atomic E-state index is 0.113. The summed E-state index contributed by atoms with van der Waals surface area (Å²) in [6.07, 6.45) is 21.4. The highest BCUT2D eigenvalue weighted by molar-refractivity contribution is 9.10. The highest BCUT2D eigenvalue weighted by Crippen LogP contribution is 2.23. The molecule has 0 saturated carbocycles. The van der Waals surface area contributed by atoms with Crippen LogP contribution >= 0.6 is 15.9 Å². The van der Waals surface area contributed by atoms with E-state index < -0.39 is 5.97 Å². The van der Waals surface area contributed by atoms with Gasteiger partial charge in [0.2, 0.25) is 5.91 Å². The van der Waals surface area contributed by atoms with Crippen LogP contribution in [0.5, 0.6) is 11.5 Å². The van der Waals surface area contributed by atoms with Gasteiger partial charge in [-0.25, -0.2) is 10.2 Å². The predicted octanol–water partition coefficient (Wildman–Crippen LogP) is 9.39. The van der Waals surface area contributed by atoms with Crippen LogP contribution in [0.2, 0.25) is 0 Å². The van der Waals surface area contributed by atoms with E-state index in [4.69, 9.17) is 9.47 Å². The molecule has 0 aromatic heterocycles. The van der Waals surface area contributed by atoms with E-state index in [9.17, 15) is 9.59 Å². The van der Waals surface area contributed by atoms with Crippen molar-refractivity contribution >= 4 is 34.0 Å². The van der Waals surface area contributed by atoms with Crippen LogP contribution in [0.1, 0.15) is 126 Å². The lowest BCUT2D eigenvalue weighted by Crippen LogP contribution is -2.17. The fourth-order valence-electron chi connectivity index (χ4n) is 4.49. The first kappa shape index (κ1) is 33.5. The summed E-state index contributed by atoms with van der Waals surface area (Å²) < 4.78 is 11.5. The number of benzene rings is 2. The van der Waals surface area contributed by atoms with Crippen molar-refractivity contribution in [3.05, 3.63) is 58.1 Å². The molecule has 0 aliphatic rings. The van der Waals surface area contributed by atoms with Crippen LogP contribution in [0, 0.1) is 0 Å². The van der Waals surface area contributed by atoms with Gasteiger partial charge in [-0.2, -0.15) is 5.10 Å². The number of carbonyl (C=O) groups is 2. The summed E-state index contributed by atoms with van der Waals surface area (Å²) in [7, 11) is 1.57. The monoisotopic (exact) mass is 614 g/mol. The zero-order valence-corrected chi connectivity index (χ0v) is 26.0. The van der Waals surface area contributed by atoms with E-state index in [-0.39, 0.29) is 5.91 Å². The van der Waals surface area contributed by atoms with Gasteiger partial charge in [0, 0.05) is 16.5 Å². The Morgan fingerprint density at radius 3 is 1.90 bits per heavy atom. The number of rotatable bonds is 21. The van der Waals surface area contributed by atoms with Crippen LogP contribution in [0.4, 0.5) is 0 Å². The van der Waals surface area contributed by atoms with Gasteiger partial charge in [0.1, 0.15) is 11.5 Å². The third-order valence-corrected chi connectivity index (χ3v) is 7.39. The molecule has 0 bridgehead atoms. The molecule has 40 heavy (non-hydrogen) atoms. The van der Waals surface area contributed by atoms with E-state index in [1.54, 1.807) is 49.6 Å². The van der Waals surface area contributed by atoms with Crippen molar-refractivity contribution in [1.82, 2.24) is 5.43 Å². The third-order valence-electron chi connectivity index (χ3n) is 6.90. The lowest BCUT2D eigenvalue weighted by atomic mass is 10.0. The SMILES string of the molecule is CCCCCCCCCCCCCCCCCC(=O)NN=Cc1cc(Br)ccc1OC(=O)c1ccc(OC)cc1. The highest BCUT2D eigenvalue weighted by Gasteiger charge is 2.12. The molecule has 1 N–H and O–H groups in total. The number of halogens is 1. The second-order valence-corrected chi connectivity index (χ2v) is 11.2. The maximum absolute atomic E-state index is 12.6. The zero-order chi connectivity index (χ0) is 28.8. The van der Waals surface area contributed by atoms with Crippen molar-refractivity contribution in [3.8, 4) is 11.5 Å². The Morgan fingerprint density at radius 1 is 0.800 bits per heavy atom. The molecule has 2 aromatic rings. The van der Waals surface area contributed by atoms with Gasteiger partial charge in [0.05, 0.1) is 18.9 Å². The quantitative estimate of drug-likeness (QED) is 0.0499. The second-order valence-electron chi connectivity index (χ2n) is 10.3. The first-order valence-electron chi connectivity index (χ1n) is 15.0. The van der Waals surface area contributed by atoms with Crippen LogP contribution < -0.4 is 14.9 Å². The molecule has 0 aliphatic heterocycles. The molecule has 1 amide bonds. The van der Waals surface area contributed by atoms with Gasteiger partial charge in [-0.1, -0.05) is 113 Å². The van der Waals surface area contributed by atoms with Crippen LogP contribution in [0.25, 0.3) is 0 Å². The number of nitrogens with zero attached hydrogens (tertiary/aromatic N) is 1. The minimum atomic E-state index is -0.489. The standard InChI is InChI=1S/C33H47BrN2O4/c1-3-4-5-6-7-8-9-10-11-12-13-14-15-16-17-18-32(37)36-35-26-28-25-29(34)21-24-31(28)40-33(38)27-19-22-30(39-2)23-20-27/h19-26H,3-18H2,1-2H3,(H,36,37). The number of methoxy groups -OCH3 is 1. The first-order chi connectivity index (χ1) is 19.5. The minimum Gasteiger partial charge on any atom is -0.497 e. The van der Waals surface area contributed by atoms with E-state index in [2.05, 4.69) is 33.4 Å². The maximum Gasteiger partial charge on any atom is 0.343 e. The molecule has 0 heterocycles. The first-order valence-corrected chi connectivity index (χ1v) is 15.8. The molecular weight excluding hydrogens is 568 g/mol. The summed E-state index contributed by atoms with van der Waals surface area (Å²) in [5.74, 6) is 0.409. The Hall–Kier alpha value is -2.67. The molecule has 0 unspecified atom stereocenters. The molecule has 0 atom stereocenters. The Bertz CT molecular complexity index is 1020. The number of hydrogen-bond acceptors (Lipinski definition) is 5. The third kappa shape index (κ3) is 14.6. The molecule has 7 heteroatoms. The van der Waals surface area contributed by atoms with E-state index in [0.717, 1.165) is 17.3 Å². The Balaban J connectivity index is 1.59. The summed E-state index contributed by atoms with van der Waals surface area (Å²) in [6, 6.07) is 11.9. The van der Waals surface area contributed by atoms with Gasteiger partial charge in [0.15, 0.2) is 0 Å². The van der Waals surface area contributed by atoms with Gasteiger partial charge < -0.3 is 9.47 Å². The number of esters is 1. The Morgan fingerprint density at radius 2 is 1.35 bits per heavy atom. The summed E-state index contributed by atoms with van der Waals surface area (Å²) in [4.78, 5) is 24.8. The van der Waals surface area contributed by atoms with E-state index in [1.165, 1.54) is 89.7 Å². The molecular formula is C33H47BrN2O4. The Kier molecular flexibility index (Phi) is 17.7. The number of carbonyl (C=O) groups excluding carboxylic acids is 2. The molecule has 0 fully saturated rings. The fraction of sp³-hybridized carbons (Fsp3) is 0.545. The summed E-state index contributed by atoms with van der Waals surface area (Å²) >= 11 is 3.43. The number of hydrogen-bond donors (Lipinski definition) is 1. The molecule has 0 aliphatic carbocycles. The number of unbranched alkanes of at least 4 members (excludes halogenated alkanes) is 14. The van der Waals surface area contributed by atoms with Gasteiger partial charge in [-0.3, -0.25) is 4.79 Å². The van der Waals surface area contributed by atoms with Crippen molar-refractivity contribution < 1.29 is 19.1 Å². The normalized spacial score (nSPS) is 11.1. The van der Waals surface area contributed by atoms with Crippen molar-refractivity contribution in [2.75, 3.05) is 7.11 Å². The van der Waals surface area contributed by atoms with Crippen molar-refractivity contribution in [1.29, 1.82) is 0 Å². The van der Waals surface area contributed by atoms with Gasteiger partial charge in [-0.15, -0.1) is 0 Å². The Labute approximate surface area is 249 Å². The number of hydrazone groups is 1. The smallest absolute Gasteiger partial charge is 0.343 e. The van der Waals surface area contributed by atoms with Gasteiger partial charge >= 0.3 is 5.97 Å². The summed E-state index contributed by atoms with van der Waals surface area (Å²) in [6.45, 7) is 2.27. The van der Waals surface area contributed by atoms with Gasteiger partial charge in [0.25, 0.3) is 0 Å². The van der Waals surface area contributed by atoms with E-state index >= 15 is 0 Å². The molecule has 0 spiro atoms. The van der Waals surface area contributed by atoms with E-state index in [0.29, 0.717) is 29.0 Å². The highest BCUT2D eigenvalue weighted by atomic mass is 79.9. The fourth-order valence-corrected chi connectivity index (χ4v) is 4.86. The molecule has 0 radical (unpaired) electrons. The van der Waals surface area contributed by atoms with E-state index in [1.807, 2.05) is 0 Å². The molecule has 220 valence electrons. The maximum atomic E-state index is 12.6. The molecule has 2 rings (SSSR count). The largest absolute Gasteiger partial charge is 0.497 e. The van der Waals surface area contributed by atoms with Crippen LogP contribution in [-0.2, 0) is 4.79 Å². The molecule has 0 saturated heterocycles. The average Bonchev–Trinajstić information content (AvgIpc) is 2.96. The number of nitrogens with one attached hydrogen (secondary N) is 1. The van der Waals surface area contributed by atoms with Gasteiger partial charge in [-0.05, 0) is 48.9 Å². The van der Waals surface area contributed by atoms with Crippen molar-refractivity contribution in [3.63, 3.8) is 0 Å². The molecule has 2 aromatic carbocycles. The summed E-state index contributed by atoms with van der Waals surface area (Å²) in [5, 5.41) is 4.08. The van der Waals surface area contributed by atoms with Crippen LogP contribution in [-0.4, -0.2) is 25.2 Å². The van der Waals surface area contributed by atoms with Crippen molar-refractivity contribution in [2.45, 2.75) is 110 Å². The predicted molar refractivity (Wildman–Crippen MR) is 167 cm³/mol. The lowest BCUT2D eigenvalue weighted by Gasteiger charge is -2.08. The second kappa shape index (κ2) is 21.1. The van der Waals surface area contributed by atoms with Crippen LogP contribution in [0.3, 0.4) is 0 Å². The average molecular weight is 616 g/mol. The topological polar surface area (TPSA) is 77.0 Å². The number of amides is 1. The van der Waals surface area contributed by atoms with Crippen LogP contribution in [0.15, 0.2) is 52.0 Å². The molecule has 6 nitrogen and oxygen atoms in total. The van der Waals surface area contributed by atoms with Crippen molar-refractivity contribution in [2.24, 2.45) is 5.10 Å².